The summed E-state index contributed by atoms with van der Waals surface area (Å²) in [6.07, 6.45) is 5.46. The van der Waals surface area contributed by atoms with Gasteiger partial charge in [0.25, 0.3) is 0 Å². The maximum atomic E-state index is 12.5. The summed E-state index contributed by atoms with van der Waals surface area (Å²) >= 11 is 0. The summed E-state index contributed by atoms with van der Waals surface area (Å²) in [5.74, 6) is 0.329. The molecule has 2 aliphatic rings. The van der Waals surface area contributed by atoms with E-state index in [0.717, 1.165) is 25.9 Å². The van der Waals surface area contributed by atoms with Crippen LogP contribution in [0.4, 0.5) is 0 Å². The number of hydrogen-bond acceptors (Lipinski definition) is 2. The van der Waals surface area contributed by atoms with Crippen LogP contribution in [0.1, 0.15) is 50.8 Å². The van der Waals surface area contributed by atoms with Crippen molar-refractivity contribution >= 4 is 5.91 Å². The summed E-state index contributed by atoms with van der Waals surface area (Å²) in [5, 5.41) is 0. The Morgan fingerprint density at radius 3 is 2.85 bits per heavy atom. The zero-order chi connectivity index (χ0) is 13.9. The van der Waals surface area contributed by atoms with Crippen LogP contribution in [0.5, 0.6) is 0 Å². The van der Waals surface area contributed by atoms with Gasteiger partial charge in [0.2, 0.25) is 5.91 Å². The van der Waals surface area contributed by atoms with Crippen LogP contribution in [0.25, 0.3) is 0 Å². The molecule has 0 aliphatic carbocycles. The highest BCUT2D eigenvalue weighted by Crippen LogP contribution is 2.39. The van der Waals surface area contributed by atoms with E-state index < -0.39 is 0 Å². The molecule has 2 heterocycles. The molecule has 3 heteroatoms. The molecule has 0 spiro atoms. The van der Waals surface area contributed by atoms with Crippen LogP contribution in [0, 0.1) is 0 Å². The van der Waals surface area contributed by atoms with Gasteiger partial charge >= 0.3 is 0 Å². The van der Waals surface area contributed by atoms with E-state index in [-0.39, 0.29) is 6.17 Å². The second-order valence-electron chi connectivity index (χ2n) is 5.97. The highest BCUT2D eigenvalue weighted by molar-refractivity contribution is 5.77. The van der Waals surface area contributed by atoms with Crippen LogP contribution < -0.4 is 0 Å². The molecule has 2 aliphatic heterocycles. The van der Waals surface area contributed by atoms with Crippen molar-refractivity contribution in [1.29, 1.82) is 0 Å². The molecule has 2 atom stereocenters. The Bertz CT molecular complexity index is 459. The molecular formula is C17H24N2O. The van der Waals surface area contributed by atoms with Gasteiger partial charge in [-0.2, -0.15) is 0 Å². The smallest absolute Gasteiger partial charge is 0.224 e. The Kier molecular flexibility index (Phi) is 4.06. The maximum absolute atomic E-state index is 12.5. The molecule has 0 saturated carbocycles. The Morgan fingerprint density at radius 2 is 2.10 bits per heavy atom. The first-order chi connectivity index (χ1) is 9.81. The number of rotatable bonds is 4. The Balaban J connectivity index is 1.83. The van der Waals surface area contributed by atoms with E-state index in [1.807, 2.05) is 6.07 Å². The Labute approximate surface area is 121 Å². The summed E-state index contributed by atoms with van der Waals surface area (Å²) in [7, 11) is 0. The SMILES string of the molecule is CCCCC(=O)N1CC2CCCN2C1c1ccccc1. The minimum Gasteiger partial charge on any atom is -0.321 e. The van der Waals surface area contributed by atoms with Crippen LogP contribution in [0.15, 0.2) is 30.3 Å². The Morgan fingerprint density at radius 1 is 1.30 bits per heavy atom. The van der Waals surface area contributed by atoms with Crippen LogP contribution in [-0.4, -0.2) is 34.8 Å². The van der Waals surface area contributed by atoms with E-state index in [2.05, 4.69) is 41.0 Å². The molecule has 1 aromatic rings. The van der Waals surface area contributed by atoms with Gasteiger partial charge in [-0.05, 0) is 24.8 Å². The molecule has 0 N–H and O–H groups in total. The van der Waals surface area contributed by atoms with Crippen LogP contribution in [0.2, 0.25) is 0 Å². The lowest BCUT2D eigenvalue weighted by Gasteiger charge is -2.30. The third kappa shape index (κ3) is 2.47. The zero-order valence-corrected chi connectivity index (χ0v) is 12.3. The molecule has 2 saturated heterocycles. The second kappa shape index (κ2) is 5.96. The number of fused-ring (bicyclic) bond motifs is 1. The molecule has 1 aromatic carbocycles. The fourth-order valence-corrected chi connectivity index (χ4v) is 3.59. The van der Waals surface area contributed by atoms with Gasteiger partial charge in [0.1, 0.15) is 6.17 Å². The number of unbranched alkanes of at least 4 members (excludes halogenated alkanes) is 1. The number of nitrogens with zero attached hydrogens (tertiary/aromatic N) is 2. The molecule has 1 amide bonds. The third-order valence-electron chi connectivity index (χ3n) is 4.60. The van der Waals surface area contributed by atoms with Gasteiger partial charge in [0.15, 0.2) is 0 Å². The molecular weight excluding hydrogens is 248 g/mol. The molecule has 3 nitrogen and oxygen atoms in total. The van der Waals surface area contributed by atoms with Crippen LogP contribution in [0.3, 0.4) is 0 Å². The monoisotopic (exact) mass is 272 g/mol. The second-order valence-corrected chi connectivity index (χ2v) is 5.97. The van der Waals surface area contributed by atoms with Crippen molar-refractivity contribution in [3.63, 3.8) is 0 Å². The number of carbonyl (C=O) groups excluding carboxylic acids is 1. The molecule has 2 unspecified atom stereocenters. The molecule has 2 fully saturated rings. The van der Waals surface area contributed by atoms with E-state index in [0.29, 0.717) is 18.4 Å². The zero-order valence-electron chi connectivity index (χ0n) is 12.3. The lowest BCUT2D eigenvalue weighted by Crippen LogP contribution is -2.35. The normalized spacial score (nSPS) is 25.9. The topological polar surface area (TPSA) is 23.6 Å². The van der Waals surface area contributed by atoms with E-state index >= 15 is 0 Å². The van der Waals surface area contributed by atoms with Gasteiger partial charge in [0.05, 0.1) is 0 Å². The summed E-state index contributed by atoms with van der Waals surface area (Å²) in [6, 6.07) is 11.1. The van der Waals surface area contributed by atoms with E-state index in [9.17, 15) is 4.79 Å². The van der Waals surface area contributed by atoms with Crippen molar-refractivity contribution in [2.24, 2.45) is 0 Å². The predicted molar refractivity (Wildman–Crippen MR) is 80.1 cm³/mol. The first kappa shape index (κ1) is 13.6. The molecule has 20 heavy (non-hydrogen) atoms. The van der Waals surface area contributed by atoms with E-state index in [1.165, 1.54) is 18.4 Å². The van der Waals surface area contributed by atoms with Crippen molar-refractivity contribution in [2.45, 2.75) is 51.2 Å². The minimum absolute atomic E-state index is 0.174. The number of amides is 1. The van der Waals surface area contributed by atoms with Crippen molar-refractivity contribution in [1.82, 2.24) is 9.80 Å². The summed E-state index contributed by atoms with van der Waals surface area (Å²) in [5.41, 5.74) is 1.27. The van der Waals surface area contributed by atoms with Crippen molar-refractivity contribution in [3.8, 4) is 0 Å². The van der Waals surface area contributed by atoms with Crippen molar-refractivity contribution in [2.75, 3.05) is 13.1 Å². The lowest BCUT2D eigenvalue weighted by molar-refractivity contribution is -0.133. The summed E-state index contributed by atoms with van der Waals surface area (Å²) < 4.78 is 0. The van der Waals surface area contributed by atoms with Gasteiger partial charge in [-0.15, -0.1) is 0 Å². The Hall–Kier alpha value is -1.35. The largest absolute Gasteiger partial charge is 0.321 e. The van der Waals surface area contributed by atoms with Crippen molar-refractivity contribution in [3.05, 3.63) is 35.9 Å². The lowest BCUT2D eigenvalue weighted by atomic mass is 10.1. The minimum atomic E-state index is 0.174. The standard InChI is InChI=1S/C17H24N2O/c1-2-3-11-16(20)19-13-15-10-7-12-18(15)17(19)14-8-5-4-6-9-14/h4-6,8-9,15,17H,2-3,7,10-13H2,1H3. The van der Waals surface area contributed by atoms with Crippen LogP contribution >= 0.6 is 0 Å². The molecule has 0 radical (unpaired) electrons. The highest BCUT2D eigenvalue weighted by Gasteiger charge is 2.44. The van der Waals surface area contributed by atoms with Crippen LogP contribution in [-0.2, 0) is 4.79 Å². The molecule has 108 valence electrons. The quantitative estimate of drug-likeness (QED) is 0.840. The first-order valence-corrected chi connectivity index (χ1v) is 7.91. The van der Waals surface area contributed by atoms with Gasteiger partial charge in [-0.25, -0.2) is 0 Å². The predicted octanol–water partition coefficient (Wildman–Crippen LogP) is 3.18. The van der Waals surface area contributed by atoms with E-state index in [1.54, 1.807) is 0 Å². The maximum Gasteiger partial charge on any atom is 0.224 e. The summed E-state index contributed by atoms with van der Waals surface area (Å²) in [4.78, 5) is 17.2. The molecule has 0 aromatic heterocycles. The van der Waals surface area contributed by atoms with Gasteiger partial charge in [-0.3, -0.25) is 9.69 Å². The number of benzene rings is 1. The fourth-order valence-electron chi connectivity index (χ4n) is 3.59. The van der Waals surface area contributed by atoms with Crippen molar-refractivity contribution < 1.29 is 4.79 Å². The third-order valence-corrected chi connectivity index (χ3v) is 4.60. The van der Waals surface area contributed by atoms with Gasteiger partial charge in [-0.1, -0.05) is 43.7 Å². The molecule has 0 bridgehead atoms. The highest BCUT2D eigenvalue weighted by atomic mass is 16.2. The number of hydrogen-bond donors (Lipinski definition) is 0. The average molecular weight is 272 g/mol. The van der Waals surface area contributed by atoms with Gasteiger partial charge < -0.3 is 4.90 Å². The first-order valence-electron chi connectivity index (χ1n) is 7.91. The number of carbonyl (C=O) groups is 1. The molecule has 3 rings (SSSR count). The summed E-state index contributed by atoms with van der Waals surface area (Å²) in [6.45, 7) is 4.19. The average Bonchev–Trinajstić information content (AvgIpc) is 3.05. The van der Waals surface area contributed by atoms with E-state index in [4.69, 9.17) is 0 Å². The van der Waals surface area contributed by atoms with Gasteiger partial charge in [0, 0.05) is 25.6 Å². The fraction of sp³-hybridized carbons (Fsp3) is 0.588.